The third kappa shape index (κ3) is 5.93. The van der Waals surface area contributed by atoms with Crippen LogP contribution in [0.15, 0.2) is 73.2 Å². The summed E-state index contributed by atoms with van der Waals surface area (Å²) in [4.78, 5) is 41.1. The van der Waals surface area contributed by atoms with Crippen LogP contribution in [0.4, 0.5) is 11.5 Å². The number of nitrogens with one attached hydrogen (secondary N) is 2. The maximum atomic E-state index is 13.6. The van der Waals surface area contributed by atoms with E-state index in [1.807, 2.05) is 64.5 Å². The van der Waals surface area contributed by atoms with Gasteiger partial charge in [0.2, 0.25) is 5.91 Å². The van der Waals surface area contributed by atoms with Gasteiger partial charge in [0.15, 0.2) is 0 Å². The summed E-state index contributed by atoms with van der Waals surface area (Å²) in [5.41, 5.74) is 3.13. The molecule has 1 saturated heterocycles. The number of piperidine rings is 1. The van der Waals surface area contributed by atoms with Crippen LogP contribution in [0.1, 0.15) is 35.7 Å². The maximum Gasteiger partial charge on any atom is 0.253 e. The number of aromatic nitrogens is 3. The van der Waals surface area contributed by atoms with Crippen molar-refractivity contribution in [2.75, 3.05) is 38.2 Å². The molecule has 9 heteroatoms. The zero-order chi connectivity index (χ0) is 27.2. The van der Waals surface area contributed by atoms with Gasteiger partial charge in [-0.3, -0.25) is 9.59 Å². The highest BCUT2D eigenvalue weighted by Gasteiger charge is 2.36. The van der Waals surface area contributed by atoms with Crippen molar-refractivity contribution in [2.24, 2.45) is 0 Å². The van der Waals surface area contributed by atoms with Gasteiger partial charge in [0, 0.05) is 64.1 Å². The van der Waals surface area contributed by atoms with Gasteiger partial charge < -0.3 is 24.8 Å². The first-order valence-electron chi connectivity index (χ1n) is 13.3. The summed E-state index contributed by atoms with van der Waals surface area (Å²) in [7, 11) is 1.77. The molecule has 2 aromatic heterocycles. The number of amides is 2. The molecule has 4 aromatic rings. The van der Waals surface area contributed by atoms with E-state index in [0.717, 1.165) is 36.0 Å². The SMILES string of the molecule is COC1(Cc2ccccc2)CCN(C(=O)c2cccc(N(CCNC(C)=O)c3ncnc4[nH]ccc34)c2)CC1. The van der Waals surface area contributed by atoms with Gasteiger partial charge in [0.25, 0.3) is 5.91 Å². The molecule has 0 atom stereocenters. The molecule has 1 aliphatic rings. The molecule has 2 N–H and O–H groups in total. The van der Waals surface area contributed by atoms with Crippen LogP contribution in [0.5, 0.6) is 0 Å². The number of likely N-dealkylation sites (tertiary alicyclic amines) is 1. The second kappa shape index (κ2) is 11.7. The van der Waals surface area contributed by atoms with Crippen LogP contribution in [0.2, 0.25) is 0 Å². The van der Waals surface area contributed by atoms with Crippen LogP contribution in [0, 0.1) is 0 Å². The zero-order valence-electron chi connectivity index (χ0n) is 22.4. The molecule has 0 radical (unpaired) electrons. The fourth-order valence-electron chi connectivity index (χ4n) is 5.30. The number of anilines is 2. The van der Waals surface area contributed by atoms with E-state index >= 15 is 0 Å². The number of nitrogens with zero attached hydrogens (tertiary/aromatic N) is 4. The number of rotatable bonds is 9. The van der Waals surface area contributed by atoms with Crippen LogP contribution in [0.25, 0.3) is 11.0 Å². The van der Waals surface area contributed by atoms with E-state index in [4.69, 9.17) is 4.74 Å². The summed E-state index contributed by atoms with van der Waals surface area (Å²) in [5, 5.41) is 3.72. The number of carbonyl (C=O) groups excluding carboxylic acids is 2. The molecule has 39 heavy (non-hydrogen) atoms. The minimum absolute atomic E-state index is 0.00226. The Morgan fingerprint density at radius 1 is 1.08 bits per heavy atom. The van der Waals surface area contributed by atoms with Crippen LogP contribution in [0.3, 0.4) is 0 Å². The largest absolute Gasteiger partial charge is 0.378 e. The van der Waals surface area contributed by atoms with Crippen molar-refractivity contribution < 1.29 is 14.3 Å². The Morgan fingerprint density at radius 3 is 2.62 bits per heavy atom. The molecule has 2 amide bonds. The summed E-state index contributed by atoms with van der Waals surface area (Å²) >= 11 is 0. The van der Waals surface area contributed by atoms with Gasteiger partial charge >= 0.3 is 0 Å². The highest BCUT2D eigenvalue weighted by molar-refractivity contribution is 5.96. The van der Waals surface area contributed by atoms with Crippen LogP contribution in [-0.2, 0) is 16.0 Å². The Bertz CT molecular complexity index is 1430. The standard InChI is InChI=1S/C30H34N6O3/c1-22(37)31-15-18-36(28-26-11-14-32-27(26)33-21-34-28)25-10-6-9-24(19-25)29(38)35-16-12-30(39-2,13-17-35)20-23-7-4-3-5-8-23/h3-11,14,19,21H,12-13,15-18,20H2,1-2H3,(H,31,37)(H,32,33,34). The van der Waals surface area contributed by atoms with Crippen molar-refractivity contribution in [1.29, 1.82) is 0 Å². The Kier molecular flexibility index (Phi) is 7.88. The van der Waals surface area contributed by atoms with Gasteiger partial charge in [-0.05, 0) is 42.7 Å². The molecule has 0 spiro atoms. The monoisotopic (exact) mass is 526 g/mol. The zero-order valence-corrected chi connectivity index (χ0v) is 22.4. The van der Waals surface area contributed by atoms with Crippen LogP contribution < -0.4 is 10.2 Å². The number of carbonyl (C=O) groups is 2. The first kappa shape index (κ1) is 26.4. The van der Waals surface area contributed by atoms with Crippen molar-refractivity contribution in [3.63, 3.8) is 0 Å². The predicted octanol–water partition coefficient (Wildman–Crippen LogP) is 4.10. The van der Waals surface area contributed by atoms with E-state index < -0.39 is 0 Å². The quantitative estimate of drug-likeness (QED) is 0.340. The second-order valence-corrected chi connectivity index (χ2v) is 9.96. The third-order valence-electron chi connectivity index (χ3n) is 7.47. The smallest absolute Gasteiger partial charge is 0.253 e. The molecule has 1 fully saturated rings. The number of hydrogen-bond acceptors (Lipinski definition) is 6. The summed E-state index contributed by atoms with van der Waals surface area (Å²) in [6.07, 6.45) is 5.72. The molecule has 9 nitrogen and oxygen atoms in total. The minimum Gasteiger partial charge on any atom is -0.378 e. The lowest BCUT2D eigenvalue weighted by molar-refractivity contribution is -0.118. The molecule has 0 bridgehead atoms. The van der Waals surface area contributed by atoms with Gasteiger partial charge in [-0.2, -0.15) is 0 Å². The summed E-state index contributed by atoms with van der Waals surface area (Å²) in [6.45, 7) is 3.66. The predicted molar refractivity (Wildman–Crippen MR) is 151 cm³/mol. The summed E-state index contributed by atoms with van der Waals surface area (Å²) < 4.78 is 6.01. The molecular weight excluding hydrogens is 492 g/mol. The topological polar surface area (TPSA) is 103 Å². The van der Waals surface area contributed by atoms with Gasteiger partial charge in [-0.25, -0.2) is 9.97 Å². The van der Waals surface area contributed by atoms with Gasteiger partial charge in [0.1, 0.15) is 17.8 Å². The number of hydrogen-bond donors (Lipinski definition) is 2. The Balaban J connectivity index is 1.35. The Labute approximate surface area is 228 Å². The van der Waals surface area contributed by atoms with E-state index in [-0.39, 0.29) is 17.4 Å². The molecule has 0 unspecified atom stereocenters. The Morgan fingerprint density at radius 2 is 1.87 bits per heavy atom. The second-order valence-electron chi connectivity index (χ2n) is 9.96. The fourth-order valence-corrected chi connectivity index (χ4v) is 5.30. The maximum absolute atomic E-state index is 13.6. The first-order valence-corrected chi connectivity index (χ1v) is 13.3. The number of fused-ring (bicyclic) bond motifs is 1. The highest BCUT2D eigenvalue weighted by Crippen LogP contribution is 2.32. The molecule has 0 aliphatic carbocycles. The molecule has 3 heterocycles. The number of aromatic amines is 1. The van der Waals surface area contributed by atoms with Gasteiger partial charge in [0.05, 0.1) is 11.0 Å². The van der Waals surface area contributed by atoms with Crippen molar-refractivity contribution >= 4 is 34.4 Å². The normalized spacial score (nSPS) is 14.8. The molecule has 1 aliphatic heterocycles. The van der Waals surface area contributed by atoms with Crippen molar-refractivity contribution in [3.8, 4) is 0 Å². The summed E-state index contributed by atoms with van der Waals surface area (Å²) in [5.74, 6) is 0.607. The molecule has 5 rings (SSSR count). The van der Waals surface area contributed by atoms with Crippen molar-refractivity contribution in [1.82, 2.24) is 25.2 Å². The number of H-pyrrole nitrogens is 1. The highest BCUT2D eigenvalue weighted by atomic mass is 16.5. The van der Waals surface area contributed by atoms with E-state index in [0.29, 0.717) is 37.6 Å². The van der Waals surface area contributed by atoms with Gasteiger partial charge in [-0.15, -0.1) is 0 Å². The molecular formula is C30H34N6O3. The molecule has 202 valence electrons. The fraction of sp³-hybridized carbons (Fsp3) is 0.333. The minimum atomic E-state index is -0.268. The van der Waals surface area contributed by atoms with Crippen molar-refractivity contribution in [3.05, 3.63) is 84.3 Å². The lowest BCUT2D eigenvalue weighted by Crippen LogP contribution is -2.48. The summed E-state index contributed by atoms with van der Waals surface area (Å²) in [6, 6.07) is 19.9. The third-order valence-corrected chi connectivity index (χ3v) is 7.47. The lowest BCUT2D eigenvalue weighted by atomic mass is 9.85. The van der Waals surface area contributed by atoms with Crippen molar-refractivity contribution in [2.45, 2.75) is 31.8 Å². The average molecular weight is 527 g/mol. The molecule has 0 saturated carbocycles. The van der Waals surface area contributed by atoms with E-state index in [9.17, 15) is 9.59 Å². The van der Waals surface area contributed by atoms with E-state index in [1.54, 1.807) is 7.11 Å². The Hall–Kier alpha value is -4.24. The van der Waals surface area contributed by atoms with Crippen LogP contribution >= 0.6 is 0 Å². The average Bonchev–Trinajstić information content (AvgIpc) is 3.45. The van der Waals surface area contributed by atoms with Crippen LogP contribution in [-0.4, -0.2) is 70.6 Å². The lowest BCUT2D eigenvalue weighted by Gasteiger charge is -2.41. The van der Waals surface area contributed by atoms with E-state index in [2.05, 4.69) is 32.4 Å². The number of ether oxygens (including phenoxy) is 1. The molecule has 2 aromatic carbocycles. The number of benzene rings is 2. The van der Waals surface area contributed by atoms with Gasteiger partial charge in [-0.1, -0.05) is 36.4 Å². The first-order chi connectivity index (χ1) is 19.0. The van der Waals surface area contributed by atoms with E-state index in [1.165, 1.54) is 18.8 Å². The number of methoxy groups -OCH3 is 1.